The van der Waals surface area contributed by atoms with Crippen LogP contribution in [0.1, 0.15) is 21.9 Å². The topological polar surface area (TPSA) is 75.1 Å². The molecule has 2 N–H and O–H groups in total. The molecule has 0 bridgehead atoms. The minimum absolute atomic E-state index is 0.101. The van der Waals surface area contributed by atoms with Gasteiger partial charge in [-0.2, -0.15) is 0 Å². The van der Waals surface area contributed by atoms with Crippen LogP contribution in [0.4, 0.5) is 14.5 Å². The highest BCUT2D eigenvalue weighted by Crippen LogP contribution is 2.21. The molecule has 0 atom stereocenters. The summed E-state index contributed by atoms with van der Waals surface area (Å²) < 4.78 is 27.3. The van der Waals surface area contributed by atoms with Crippen molar-refractivity contribution in [3.8, 4) is 0 Å². The molecule has 0 aliphatic rings. The number of aryl methyl sites for hydroxylation is 1. The summed E-state index contributed by atoms with van der Waals surface area (Å²) in [5.41, 5.74) is -0.256. The number of carbonyl (C=O) groups is 1. The van der Waals surface area contributed by atoms with E-state index in [-0.39, 0.29) is 12.2 Å². The molecular weight excluding hydrogens is 268 g/mol. The van der Waals surface area contributed by atoms with Crippen molar-refractivity contribution < 1.29 is 18.7 Å². The van der Waals surface area contributed by atoms with E-state index >= 15 is 0 Å². The minimum Gasteiger partial charge on any atom is -0.478 e. The molecule has 0 fully saturated rings. The van der Waals surface area contributed by atoms with Crippen LogP contribution in [0.2, 0.25) is 0 Å². The third kappa shape index (κ3) is 3.05. The Hall–Kier alpha value is -2.57. The summed E-state index contributed by atoms with van der Waals surface area (Å²) in [6.07, 6.45) is 1.54. The number of aromatic carboxylic acids is 1. The van der Waals surface area contributed by atoms with Gasteiger partial charge in [-0.25, -0.2) is 23.5 Å². The van der Waals surface area contributed by atoms with Gasteiger partial charge in [0.05, 0.1) is 17.8 Å². The van der Waals surface area contributed by atoms with Crippen LogP contribution < -0.4 is 5.32 Å². The van der Waals surface area contributed by atoms with Gasteiger partial charge in [0.2, 0.25) is 0 Å². The van der Waals surface area contributed by atoms with Gasteiger partial charge in [-0.3, -0.25) is 0 Å². The second-order valence-corrected chi connectivity index (χ2v) is 4.07. The van der Waals surface area contributed by atoms with E-state index < -0.39 is 23.2 Å². The third-order valence-corrected chi connectivity index (χ3v) is 2.57. The number of halogens is 2. The van der Waals surface area contributed by atoms with Crippen molar-refractivity contribution in [1.29, 1.82) is 0 Å². The smallest absolute Gasteiger partial charge is 0.335 e. The van der Waals surface area contributed by atoms with Gasteiger partial charge in [0.1, 0.15) is 23.1 Å². The summed E-state index contributed by atoms with van der Waals surface area (Å²) in [5, 5.41) is 11.3. The monoisotopic (exact) mass is 279 g/mol. The molecule has 0 aliphatic heterocycles. The molecular formula is C13H11F2N3O2. The molecule has 20 heavy (non-hydrogen) atoms. The van der Waals surface area contributed by atoms with Gasteiger partial charge in [0.25, 0.3) is 0 Å². The molecule has 104 valence electrons. The molecule has 0 saturated carbocycles. The summed E-state index contributed by atoms with van der Waals surface area (Å²) in [4.78, 5) is 18.7. The molecule has 2 aromatic rings. The molecule has 5 nitrogen and oxygen atoms in total. The number of hydrogen-bond acceptors (Lipinski definition) is 4. The first-order valence-corrected chi connectivity index (χ1v) is 5.72. The highest BCUT2D eigenvalue weighted by molar-refractivity contribution is 5.88. The normalized spacial score (nSPS) is 10.3. The van der Waals surface area contributed by atoms with Crippen molar-refractivity contribution in [3.63, 3.8) is 0 Å². The maximum absolute atomic E-state index is 13.7. The second-order valence-electron chi connectivity index (χ2n) is 4.07. The summed E-state index contributed by atoms with van der Waals surface area (Å²) >= 11 is 0. The van der Waals surface area contributed by atoms with E-state index in [4.69, 9.17) is 5.11 Å². The van der Waals surface area contributed by atoms with E-state index in [2.05, 4.69) is 15.3 Å². The zero-order chi connectivity index (χ0) is 14.7. The maximum Gasteiger partial charge on any atom is 0.335 e. The Morgan fingerprint density at radius 3 is 2.55 bits per heavy atom. The van der Waals surface area contributed by atoms with Crippen LogP contribution in [-0.2, 0) is 6.54 Å². The molecule has 1 heterocycles. The summed E-state index contributed by atoms with van der Waals surface area (Å²) in [5.74, 6) is -2.77. The van der Waals surface area contributed by atoms with E-state index in [0.717, 1.165) is 12.1 Å². The number of hydrogen-bond donors (Lipinski definition) is 2. The molecule has 0 amide bonds. The number of nitrogens with zero attached hydrogens (tertiary/aromatic N) is 2. The molecule has 7 heteroatoms. The van der Waals surface area contributed by atoms with E-state index in [1.54, 1.807) is 19.2 Å². The summed E-state index contributed by atoms with van der Waals surface area (Å²) in [6, 6.07) is 3.14. The molecule has 0 aliphatic carbocycles. The van der Waals surface area contributed by atoms with E-state index in [0.29, 0.717) is 11.5 Å². The number of rotatable bonds is 4. The first-order chi connectivity index (χ1) is 9.47. The highest BCUT2D eigenvalue weighted by Gasteiger charge is 2.14. The average molecular weight is 279 g/mol. The first kappa shape index (κ1) is 13.9. The van der Waals surface area contributed by atoms with Crippen molar-refractivity contribution in [3.05, 3.63) is 53.1 Å². The zero-order valence-corrected chi connectivity index (χ0v) is 10.5. The quantitative estimate of drug-likeness (QED) is 0.898. The lowest BCUT2D eigenvalue weighted by molar-refractivity contribution is 0.0696. The fraction of sp³-hybridized carbons (Fsp3) is 0.154. The second kappa shape index (κ2) is 5.60. The van der Waals surface area contributed by atoms with Crippen molar-refractivity contribution in [2.75, 3.05) is 5.32 Å². The van der Waals surface area contributed by atoms with E-state index in [1.165, 1.54) is 0 Å². The molecule has 0 spiro atoms. The van der Waals surface area contributed by atoms with Gasteiger partial charge < -0.3 is 10.4 Å². The van der Waals surface area contributed by atoms with Gasteiger partial charge in [0.15, 0.2) is 0 Å². The SMILES string of the molecule is Cc1nccc(CNc2c(F)cc(C(=O)O)cc2F)n1. The highest BCUT2D eigenvalue weighted by atomic mass is 19.1. The predicted molar refractivity (Wildman–Crippen MR) is 67.4 cm³/mol. The molecule has 0 radical (unpaired) electrons. The van der Waals surface area contributed by atoms with Crippen LogP contribution in [0.25, 0.3) is 0 Å². The van der Waals surface area contributed by atoms with E-state index in [1.807, 2.05) is 0 Å². The Balaban J connectivity index is 2.20. The minimum atomic E-state index is -1.39. The van der Waals surface area contributed by atoms with Crippen LogP contribution in [0.3, 0.4) is 0 Å². The maximum atomic E-state index is 13.7. The van der Waals surface area contributed by atoms with Gasteiger partial charge in [-0.1, -0.05) is 0 Å². The van der Waals surface area contributed by atoms with Crippen molar-refractivity contribution in [2.45, 2.75) is 13.5 Å². The first-order valence-electron chi connectivity index (χ1n) is 5.72. The Morgan fingerprint density at radius 1 is 1.35 bits per heavy atom. The Labute approximate surface area is 113 Å². The summed E-state index contributed by atoms with van der Waals surface area (Å²) in [6.45, 7) is 1.80. The fourth-order valence-corrected chi connectivity index (χ4v) is 1.65. The van der Waals surface area contributed by atoms with Crippen molar-refractivity contribution in [2.24, 2.45) is 0 Å². The van der Waals surface area contributed by atoms with Crippen molar-refractivity contribution >= 4 is 11.7 Å². The van der Waals surface area contributed by atoms with Gasteiger partial charge in [0, 0.05) is 6.20 Å². The van der Waals surface area contributed by atoms with Crippen LogP contribution in [0, 0.1) is 18.6 Å². The lowest BCUT2D eigenvalue weighted by atomic mass is 10.2. The van der Waals surface area contributed by atoms with Crippen LogP contribution >= 0.6 is 0 Å². The van der Waals surface area contributed by atoms with Gasteiger partial charge in [-0.05, 0) is 25.1 Å². The number of nitrogens with one attached hydrogen (secondary N) is 1. The number of anilines is 1. The Bertz CT molecular complexity index is 639. The Kier molecular flexibility index (Phi) is 3.88. The van der Waals surface area contributed by atoms with Crippen LogP contribution in [0.15, 0.2) is 24.4 Å². The fourth-order valence-electron chi connectivity index (χ4n) is 1.65. The van der Waals surface area contributed by atoms with Gasteiger partial charge >= 0.3 is 5.97 Å². The van der Waals surface area contributed by atoms with Crippen LogP contribution in [-0.4, -0.2) is 21.0 Å². The van der Waals surface area contributed by atoms with Crippen molar-refractivity contribution in [1.82, 2.24) is 9.97 Å². The number of benzene rings is 1. The zero-order valence-electron chi connectivity index (χ0n) is 10.5. The lowest BCUT2D eigenvalue weighted by Crippen LogP contribution is -2.08. The molecule has 1 aromatic heterocycles. The summed E-state index contributed by atoms with van der Waals surface area (Å²) in [7, 11) is 0. The molecule has 2 rings (SSSR count). The molecule has 0 unspecified atom stereocenters. The van der Waals surface area contributed by atoms with Crippen LogP contribution in [0.5, 0.6) is 0 Å². The third-order valence-electron chi connectivity index (χ3n) is 2.57. The average Bonchev–Trinajstić information content (AvgIpc) is 2.37. The molecule has 1 aromatic carbocycles. The largest absolute Gasteiger partial charge is 0.478 e. The number of aromatic nitrogens is 2. The molecule has 0 saturated heterocycles. The predicted octanol–water partition coefficient (Wildman–Crippen LogP) is 2.37. The lowest BCUT2D eigenvalue weighted by Gasteiger charge is -2.09. The number of carboxylic acid groups (broad SMARTS) is 1. The van der Waals surface area contributed by atoms with Gasteiger partial charge in [-0.15, -0.1) is 0 Å². The Morgan fingerprint density at radius 2 is 2.00 bits per heavy atom. The van der Waals surface area contributed by atoms with E-state index in [9.17, 15) is 13.6 Å². The standard InChI is InChI=1S/C13H11F2N3O2/c1-7-16-3-2-9(18-7)6-17-12-10(14)4-8(13(19)20)5-11(12)15/h2-5,17H,6H2,1H3,(H,19,20). The number of carboxylic acids is 1.